The van der Waals surface area contributed by atoms with Gasteiger partial charge in [-0.25, -0.2) is 9.36 Å². The van der Waals surface area contributed by atoms with Crippen LogP contribution in [0.3, 0.4) is 0 Å². The molecule has 0 radical (unpaired) electrons. The first-order valence-corrected chi connectivity index (χ1v) is 6.33. The quantitative estimate of drug-likeness (QED) is 0.217. The van der Waals surface area contributed by atoms with E-state index in [0.717, 1.165) is 0 Å². The predicted molar refractivity (Wildman–Crippen MR) is 58.3 cm³/mol. The van der Waals surface area contributed by atoms with Crippen molar-refractivity contribution in [2.24, 2.45) is 0 Å². The number of rotatable bonds is 6. The van der Waals surface area contributed by atoms with Gasteiger partial charge in [0.25, 0.3) is 0 Å². The van der Waals surface area contributed by atoms with Crippen molar-refractivity contribution in [2.75, 3.05) is 13.2 Å². The molecule has 0 aliphatic rings. The molecule has 0 saturated carbocycles. The maximum absolute atomic E-state index is 9.43. The standard InChI is InChI=1S/C6H14O6.CH3O5P/c7-1-3(9)5(11)6(12)4(10)2-8;2-1(3)7(4,5)6/h3-12H,1-2H2;(H,2,3)(H2,4,5,6)/t3-,4-,5-,6-;/m1./s1. The molecule has 116 valence electrons. The topological polar surface area (TPSA) is 216 Å². The summed E-state index contributed by atoms with van der Waals surface area (Å²) in [6, 6.07) is 0. The third kappa shape index (κ3) is 8.99. The highest BCUT2D eigenvalue weighted by Gasteiger charge is 2.29. The first-order chi connectivity index (χ1) is 8.48. The average molecular weight is 308 g/mol. The summed E-state index contributed by atoms with van der Waals surface area (Å²) in [6.45, 7) is -1.45. The summed E-state index contributed by atoms with van der Waals surface area (Å²) in [5.41, 5.74) is -2.09. The fourth-order valence-electron chi connectivity index (χ4n) is 0.671. The summed E-state index contributed by atoms with van der Waals surface area (Å²) in [7, 11) is -4.82. The Morgan fingerprint density at radius 2 is 1.11 bits per heavy atom. The molecular formula is C7H17O11P. The maximum atomic E-state index is 9.43. The van der Waals surface area contributed by atoms with Crippen LogP contribution in [0.15, 0.2) is 0 Å². The molecule has 0 aliphatic carbocycles. The molecule has 11 nitrogen and oxygen atoms in total. The molecule has 0 bridgehead atoms. The van der Waals surface area contributed by atoms with Gasteiger partial charge in [0.1, 0.15) is 24.4 Å². The van der Waals surface area contributed by atoms with Gasteiger partial charge in [0, 0.05) is 0 Å². The second kappa shape index (κ2) is 9.31. The second-order valence-corrected chi connectivity index (χ2v) is 4.78. The molecule has 9 N–H and O–H groups in total. The number of hydrogen-bond donors (Lipinski definition) is 9. The molecule has 0 amide bonds. The van der Waals surface area contributed by atoms with Crippen molar-refractivity contribution in [2.45, 2.75) is 24.4 Å². The third-order valence-electron chi connectivity index (χ3n) is 1.76. The monoisotopic (exact) mass is 308 g/mol. The molecule has 0 rings (SSSR count). The van der Waals surface area contributed by atoms with Gasteiger partial charge in [-0.2, -0.15) is 0 Å². The van der Waals surface area contributed by atoms with Gasteiger partial charge in [-0.05, 0) is 0 Å². The minimum Gasteiger partial charge on any atom is -0.472 e. The van der Waals surface area contributed by atoms with Crippen molar-refractivity contribution in [1.82, 2.24) is 0 Å². The zero-order valence-corrected chi connectivity index (χ0v) is 10.4. The third-order valence-corrected chi connectivity index (χ3v) is 2.26. The van der Waals surface area contributed by atoms with E-state index in [9.17, 15) is 9.36 Å². The van der Waals surface area contributed by atoms with Crippen molar-refractivity contribution in [3.63, 3.8) is 0 Å². The normalized spacial score (nSPS) is 17.7. The van der Waals surface area contributed by atoms with E-state index >= 15 is 0 Å². The Bertz CT molecular complexity index is 287. The van der Waals surface area contributed by atoms with Gasteiger partial charge in [-0.1, -0.05) is 0 Å². The van der Waals surface area contributed by atoms with Crippen molar-refractivity contribution in [1.29, 1.82) is 0 Å². The number of aliphatic hydroxyl groups excluding tert-OH is 6. The van der Waals surface area contributed by atoms with Gasteiger partial charge >= 0.3 is 13.3 Å². The van der Waals surface area contributed by atoms with Crippen molar-refractivity contribution in [3.05, 3.63) is 0 Å². The molecule has 12 heteroatoms. The number of hydrogen-bond acceptors (Lipinski definition) is 8. The first-order valence-electron chi connectivity index (χ1n) is 4.72. The van der Waals surface area contributed by atoms with Crippen molar-refractivity contribution < 1.29 is 54.9 Å². The Morgan fingerprint density at radius 3 is 1.21 bits per heavy atom. The van der Waals surface area contributed by atoms with Crippen molar-refractivity contribution in [3.8, 4) is 0 Å². The highest BCUT2D eigenvalue weighted by molar-refractivity contribution is 7.69. The Balaban J connectivity index is 0. The SMILES string of the molecule is O=C(O)P(=O)(O)O.OC[C@@H](O)[C@@H](O)[C@H](O)[C@H](O)CO. The lowest BCUT2D eigenvalue weighted by molar-refractivity contribution is -0.123. The van der Waals surface area contributed by atoms with Crippen LogP contribution in [-0.2, 0) is 4.57 Å². The van der Waals surface area contributed by atoms with E-state index in [1.807, 2.05) is 0 Å². The van der Waals surface area contributed by atoms with Gasteiger partial charge < -0.3 is 45.5 Å². The van der Waals surface area contributed by atoms with E-state index in [4.69, 9.17) is 45.5 Å². The van der Waals surface area contributed by atoms with E-state index in [1.54, 1.807) is 0 Å². The Morgan fingerprint density at radius 1 is 0.895 bits per heavy atom. The Kier molecular flexibility index (Phi) is 10.1. The van der Waals surface area contributed by atoms with Gasteiger partial charge in [0.05, 0.1) is 13.2 Å². The lowest BCUT2D eigenvalue weighted by atomic mass is 10.0. The smallest absolute Gasteiger partial charge is 0.433 e. The molecule has 0 aromatic rings. The van der Waals surface area contributed by atoms with Crippen LogP contribution in [-0.4, -0.2) is 88.9 Å². The molecule has 0 aromatic heterocycles. The van der Waals surface area contributed by atoms with E-state index in [2.05, 4.69) is 0 Å². The Hall–Kier alpha value is -0.620. The maximum Gasteiger partial charge on any atom is 0.433 e. The van der Waals surface area contributed by atoms with Gasteiger partial charge in [0.15, 0.2) is 0 Å². The molecule has 0 saturated heterocycles. The minimum atomic E-state index is -4.82. The summed E-state index contributed by atoms with van der Waals surface area (Å²) in [5.74, 6) is 0. The summed E-state index contributed by atoms with van der Waals surface area (Å²) in [6.07, 6.45) is -6.39. The van der Waals surface area contributed by atoms with E-state index in [-0.39, 0.29) is 0 Å². The second-order valence-electron chi connectivity index (χ2n) is 3.31. The first kappa shape index (κ1) is 20.7. The molecule has 4 atom stereocenters. The highest BCUT2D eigenvalue weighted by atomic mass is 31.2. The molecule has 19 heavy (non-hydrogen) atoms. The lowest BCUT2D eigenvalue weighted by Gasteiger charge is -2.24. The number of carboxylic acid groups (broad SMARTS) is 1. The fourth-order valence-corrected chi connectivity index (χ4v) is 0.671. The van der Waals surface area contributed by atoms with Crippen LogP contribution in [0.1, 0.15) is 0 Å². The zero-order chi connectivity index (χ0) is 15.8. The highest BCUT2D eigenvalue weighted by Crippen LogP contribution is 2.34. The van der Waals surface area contributed by atoms with Gasteiger partial charge in [0.2, 0.25) is 0 Å². The molecule has 0 aromatic carbocycles. The molecule has 0 fully saturated rings. The summed E-state index contributed by atoms with van der Waals surface area (Å²) < 4.78 is 9.43. The van der Waals surface area contributed by atoms with Crippen LogP contribution in [0, 0.1) is 0 Å². The zero-order valence-electron chi connectivity index (χ0n) is 9.51. The van der Waals surface area contributed by atoms with Gasteiger partial charge in [-0.3, -0.25) is 0 Å². The minimum absolute atomic E-state index is 0.726. The van der Waals surface area contributed by atoms with Crippen LogP contribution in [0.25, 0.3) is 0 Å². The van der Waals surface area contributed by atoms with Crippen LogP contribution in [0.2, 0.25) is 0 Å². The average Bonchev–Trinajstić information content (AvgIpc) is 2.34. The van der Waals surface area contributed by atoms with E-state index in [1.165, 1.54) is 0 Å². The summed E-state index contributed by atoms with van der Waals surface area (Å²) in [4.78, 5) is 24.5. The van der Waals surface area contributed by atoms with Gasteiger partial charge in [-0.15, -0.1) is 0 Å². The molecule has 0 heterocycles. The summed E-state index contributed by atoms with van der Waals surface area (Å²) in [5, 5.41) is 59.7. The van der Waals surface area contributed by atoms with Crippen molar-refractivity contribution >= 4 is 13.3 Å². The largest absolute Gasteiger partial charge is 0.472 e. The van der Waals surface area contributed by atoms with Crippen LogP contribution >= 0.6 is 7.60 Å². The summed E-state index contributed by atoms with van der Waals surface area (Å²) >= 11 is 0. The van der Waals surface area contributed by atoms with Crippen LogP contribution < -0.4 is 0 Å². The number of aliphatic hydroxyl groups is 6. The van der Waals surface area contributed by atoms with Crippen LogP contribution in [0.4, 0.5) is 4.79 Å². The van der Waals surface area contributed by atoms with Crippen LogP contribution in [0.5, 0.6) is 0 Å². The lowest BCUT2D eigenvalue weighted by Crippen LogP contribution is -2.46. The molecule has 0 aliphatic heterocycles. The Labute approximate surface area is 107 Å². The molecule has 0 spiro atoms. The molecule has 0 unspecified atom stereocenters. The van der Waals surface area contributed by atoms with E-state index < -0.39 is 50.9 Å². The fraction of sp³-hybridized carbons (Fsp3) is 0.857. The molecular weight excluding hydrogens is 291 g/mol. The predicted octanol–water partition coefficient (Wildman–Crippen LogP) is -3.74. The number of carbonyl (C=O) groups is 1. The van der Waals surface area contributed by atoms with E-state index in [0.29, 0.717) is 0 Å².